The lowest BCUT2D eigenvalue weighted by Crippen LogP contribution is -2.15. The van der Waals surface area contributed by atoms with E-state index in [2.05, 4.69) is 4.98 Å². The number of aryl methyl sites for hydroxylation is 1. The molecule has 0 saturated heterocycles. The maximum atomic E-state index is 11.9. The van der Waals surface area contributed by atoms with Crippen molar-refractivity contribution in [2.45, 2.75) is 13.5 Å². The third kappa shape index (κ3) is 3.46. The second kappa shape index (κ2) is 6.46. The number of benzene rings is 1. The molecule has 2 heterocycles. The van der Waals surface area contributed by atoms with Crippen molar-refractivity contribution in [3.05, 3.63) is 82.4 Å². The average Bonchev–Trinajstić information content (AvgIpc) is 2.55. The number of hydrogen-bond donors (Lipinski definition) is 1. The van der Waals surface area contributed by atoms with Gasteiger partial charge in [0, 0.05) is 36.6 Å². The highest BCUT2D eigenvalue weighted by Crippen LogP contribution is 2.23. The van der Waals surface area contributed by atoms with Crippen LogP contribution in [0.3, 0.4) is 0 Å². The van der Waals surface area contributed by atoms with Gasteiger partial charge in [-0.15, -0.1) is 0 Å². The maximum absolute atomic E-state index is 11.9. The summed E-state index contributed by atoms with van der Waals surface area (Å²) in [7, 11) is 0. The molecule has 0 unspecified atom stereocenters. The average molecular weight is 307 g/mol. The van der Waals surface area contributed by atoms with Crippen molar-refractivity contribution in [3.63, 3.8) is 0 Å². The van der Waals surface area contributed by atoms with E-state index in [1.54, 1.807) is 22.9 Å². The fourth-order valence-corrected chi connectivity index (χ4v) is 2.34. The van der Waals surface area contributed by atoms with Crippen molar-refractivity contribution in [3.8, 4) is 17.3 Å². The van der Waals surface area contributed by atoms with E-state index in [9.17, 15) is 4.79 Å². The lowest BCUT2D eigenvalue weighted by atomic mass is 10.2. The molecule has 2 aromatic heterocycles. The third-order valence-electron chi connectivity index (χ3n) is 3.37. The van der Waals surface area contributed by atoms with Crippen LogP contribution in [-0.4, -0.2) is 9.55 Å². The summed E-state index contributed by atoms with van der Waals surface area (Å²) < 4.78 is 7.38. The van der Waals surface area contributed by atoms with Crippen LogP contribution in [0.1, 0.15) is 11.3 Å². The van der Waals surface area contributed by atoms with Gasteiger partial charge in [-0.25, -0.2) is 4.98 Å². The van der Waals surface area contributed by atoms with Gasteiger partial charge in [0.15, 0.2) is 0 Å². The molecule has 0 aliphatic carbocycles. The number of hydrogen-bond acceptors (Lipinski definition) is 4. The Hall–Kier alpha value is -2.92. The van der Waals surface area contributed by atoms with Crippen molar-refractivity contribution < 1.29 is 4.74 Å². The van der Waals surface area contributed by atoms with Crippen LogP contribution in [0.2, 0.25) is 0 Å². The van der Waals surface area contributed by atoms with Crippen molar-refractivity contribution in [2.24, 2.45) is 5.73 Å². The van der Waals surface area contributed by atoms with Crippen LogP contribution in [0.25, 0.3) is 5.69 Å². The second-order valence-corrected chi connectivity index (χ2v) is 5.17. The van der Waals surface area contributed by atoms with Crippen LogP contribution in [0, 0.1) is 6.92 Å². The molecule has 0 radical (unpaired) electrons. The van der Waals surface area contributed by atoms with Gasteiger partial charge in [-0.05, 0) is 36.8 Å². The number of nitrogens with two attached hydrogens (primary N) is 1. The Morgan fingerprint density at radius 2 is 2.00 bits per heavy atom. The zero-order chi connectivity index (χ0) is 16.2. The summed E-state index contributed by atoms with van der Waals surface area (Å²) in [6.07, 6.45) is 1.72. The van der Waals surface area contributed by atoms with E-state index in [-0.39, 0.29) is 5.56 Å². The van der Waals surface area contributed by atoms with Gasteiger partial charge in [-0.2, -0.15) is 0 Å². The molecule has 3 aromatic rings. The van der Waals surface area contributed by atoms with Gasteiger partial charge < -0.3 is 10.5 Å². The minimum Gasteiger partial charge on any atom is -0.439 e. The van der Waals surface area contributed by atoms with Crippen LogP contribution >= 0.6 is 0 Å². The van der Waals surface area contributed by atoms with Crippen LogP contribution < -0.4 is 16.0 Å². The van der Waals surface area contributed by atoms with E-state index in [0.717, 1.165) is 16.9 Å². The highest BCUT2D eigenvalue weighted by molar-refractivity contribution is 5.41. The molecule has 5 heteroatoms. The lowest BCUT2D eigenvalue weighted by Gasteiger charge is -2.10. The fourth-order valence-electron chi connectivity index (χ4n) is 2.34. The van der Waals surface area contributed by atoms with Crippen LogP contribution in [0.4, 0.5) is 0 Å². The zero-order valence-corrected chi connectivity index (χ0v) is 12.8. The van der Waals surface area contributed by atoms with E-state index in [1.807, 2.05) is 43.3 Å². The van der Waals surface area contributed by atoms with E-state index in [0.29, 0.717) is 18.2 Å². The minimum atomic E-state index is -0.0938. The summed E-state index contributed by atoms with van der Waals surface area (Å²) in [6.45, 7) is 2.32. The quantitative estimate of drug-likeness (QED) is 0.804. The number of pyridine rings is 2. The Bertz CT molecular complexity index is 887. The molecule has 5 nitrogen and oxygen atoms in total. The molecule has 2 N–H and O–H groups in total. The van der Waals surface area contributed by atoms with Gasteiger partial charge in [-0.3, -0.25) is 9.36 Å². The van der Waals surface area contributed by atoms with Gasteiger partial charge in [-0.1, -0.05) is 12.1 Å². The summed E-state index contributed by atoms with van der Waals surface area (Å²) in [5.41, 5.74) is 8.13. The Morgan fingerprint density at radius 3 is 2.78 bits per heavy atom. The van der Waals surface area contributed by atoms with E-state index in [1.165, 1.54) is 6.07 Å². The van der Waals surface area contributed by atoms with E-state index in [4.69, 9.17) is 10.5 Å². The molecule has 116 valence electrons. The third-order valence-corrected chi connectivity index (χ3v) is 3.37. The summed E-state index contributed by atoms with van der Waals surface area (Å²) in [5, 5.41) is 0. The molecule has 0 spiro atoms. The first-order chi connectivity index (χ1) is 11.2. The molecular weight excluding hydrogens is 290 g/mol. The smallest absolute Gasteiger partial charge is 0.255 e. The summed E-state index contributed by atoms with van der Waals surface area (Å²) in [5.74, 6) is 1.10. The molecule has 0 atom stereocenters. The van der Waals surface area contributed by atoms with Crippen LogP contribution in [0.15, 0.2) is 65.6 Å². The Balaban J connectivity index is 1.93. The summed E-state index contributed by atoms with van der Waals surface area (Å²) in [4.78, 5) is 16.3. The Morgan fingerprint density at radius 1 is 1.13 bits per heavy atom. The first-order valence-electron chi connectivity index (χ1n) is 7.29. The summed E-state index contributed by atoms with van der Waals surface area (Å²) >= 11 is 0. The van der Waals surface area contributed by atoms with Crippen molar-refractivity contribution in [1.29, 1.82) is 0 Å². The first kappa shape index (κ1) is 15.0. The SMILES string of the molecule is Cc1cc(CN)cc(Oc2cccc(-n3ccccc3=O)c2)n1. The molecule has 0 fully saturated rings. The van der Waals surface area contributed by atoms with Crippen LogP contribution in [0.5, 0.6) is 11.6 Å². The molecule has 23 heavy (non-hydrogen) atoms. The molecular formula is C18H17N3O2. The number of aromatic nitrogens is 2. The predicted octanol–water partition coefficient (Wildman–Crippen LogP) is 2.79. The van der Waals surface area contributed by atoms with Crippen molar-refractivity contribution in [2.75, 3.05) is 0 Å². The molecule has 0 amide bonds. The first-order valence-corrected chi connectivity index (χ1v) is 7.29. The monoisotopic (exact) mass is 307 g/mol. The Labute approximate surface area is 134 Å². The summed E-state index contributed by atoms with van der Waals surface area (Å²) in [6, 6.07) is 16.1. The standard InChI is InChI=1S/C18H17N3O2/c1-13-9-14(12-19)10-17(20-13)23-16-6-4-5-15(11-16)21-8-3-2-7-18(21)22/h2-11H,12,19H2,1H3. The van der Waals surface area contributed by atoms with Gasteiger partial charge in [0.1, 0.15) is 5.75 Å². The maximum Gasteiger partial charge on any atom is 0.255 e. The van der Waals surface area contributed by atoms with E-state index < -0.39 is 0 Å². The van der Waals surface area contributed by atoms with Gasteiger partial charge in [0.05, 0.1) is 5.69 Å². The molecule has 0 aliphatic rings. The topological polar surface area (TPSA) is 70.1 Å². The molecule has 3 rings (SSSR count). The molecule has 0 aliphatic heterocycles. The minimum absolute atomic E-state index is 0.0938. The van der Waals surface area contributed by atoms with Crippen molar-refractivity contribution >= 4 is 0 Å². The van der Waals surface area contributed by atoms with Crippen molar-refractivity contribution in [1.82, 2.24) is 9.55 Å². The molecule has 1 aromatic carbocycles. The number of ether oxygens (including phenoxy) is 1. The van der Waals surface area contributed by atoms with Crippen LogP contribution in [-0.2, 0) is 6.54 Å². The van der Waals surface area contributed by atoms with Gasteiger partial charge in [0.2, 0.25) is 5.88 Å². The fraction of sp³-hybridized carbons (Fsp3) is 0.111. The van der Waals surface area contributed by atoms with Gasteiger partial charge >= 0.3 is 0 Å². The Kier molecular flexibility index (Phi) is 4.21. The molecule has 0 bridgehead atoms. The normalized spacial score (nSPS) is 10.5. The van der Waals surface area contributed by atoms with E-state index >= 15 is 0 Å². The lowest BCUT2D eigenvalue weighted by molar-refractivity contribution is 0.460. The highest BCUT2D eigenvalue weighted by Gasteiger charge is 2.05. The zero-order valence-electron chi connectivity index (χ0n) is 12.8. The largest absolute Gasteiger partial charge is 0.439 e. The number of rotatable bonds is 4. The predicted molar refractivity (Wildman–Crippen MR) is 89.0 cm³/mol. The van der Waals surface area contributed by atoms with Gasteiger partial charge in [0.25, 0.3) is 5.56 Å². The molecule has 0 saturated carbocycles. The second-order valence-electron chi connectivity index (χ2n) is 5.17. The highest BCUT2D eigenvalue weighted by atomic mass is 16.5. The number of nitrogens with zero attached hydrogens (tertiary/aromatic N) is 2.